The summed E-state index contributed by atoms with van der Waals surface area (Å²) in [4.78, 5) is 22.8. The number of benzene rings is 1. The van der Waals surface area contributed by atoms with E-state index in [-0.39, 0.29) is 11.3 Å². The number of nitrogens with one attached hydrogen (secondary N) is 2. The third-order valence-corrected chi connectivity index (χ3v) is 3.74. The second-order valence-electron chi connectivity index (χ2n) is 5.33. The van der Waals surface area contributed by atoms with Gasteiger partial charge in [-0.25, -0.2) is 14.0 Å². The summed E-state index contributed by atoms with van der Waals surface area (Å²) in [7, 11) is 0. The zero-order valence-electron chi connectivity index (χ0n) is 11.7. The van der Waals surface area contributed by atoms with Crippen molar-refractivity contribution in [2.45, 2.75) is 32.1 Å². The monoisotopic (exact) mass is 294 g/mol. The van der Waals surface area contributed by atoms with Crippen LogP contribution in [0.15, 0.2) is 18.2 Å². The van der Waals surface area contributed by atoms with Crippen LogP contribution in [0.25, 0.3) is 0 Å². The van der Waals surface area contributed by atoms with Crippen LogP contribution in [0, 0.1) is 11.7 Å². The summed E-state index contributed by atoms with van der Waals surface area (Å²) in [5.74, 6) is -1.45. The van der Waals surface area contributed by atoms with Gasteiger partial charge in [-0.2, -0.15) is 0 Å². The van der Waals surface area contributed by atoms with Crippen molar-refractivity contribution < 1.29 is 19.1 Å². The highest BCUT2D eigenvalue weighted by Crippen LogP contribution is 2.23. The number of rotatable bonds is 4. The van der Waals surface area contributed by atoms with Crippen molar-refractivity contribution in [3.05, 3.63) is 29.6 Å². The lowest BCUT2D eigenvalue weighted by atomic mass is 9.89. The number of hydrogen-bond donors (Lipinski definition) is 3. The maximum Gasteiger partial charge on any atom is 0.337 e. The van der Waals surface area contributed by atoms with E-state index in [9.17, 15) is 14.0 Å². The fourth-order valence-corrected chi connectivity index (χ4v) is 2.60. The number of amides is 2. The molecule has 0 aliphatic heterocycles. The molecule has 2 amide bonds. The van der Waals surface area contributed by atoms with Crippen molar-refractivity contribution in [1.29, 1.82) is 0 Å². The summed E-state index contributed by atoms with van der Waals surface area (Å²) < 4.78 is 13.0. The number of carboxylic acids is 1. The van der Waals surface area contributed by atoms with Crippen LogP contribution in [0.1, 0.15) is 42.5 Å². The molecule has 1 fully saturated rings. The summed E-state index contributed by atoms with van der Waals surface area (Å²) in [5.41, 5.74) is -0.173. The molecular weight excluding hydrogens is 275 g/mol. The van der Waals surface area contributed by atoms with Crippen LogP contribution in [0.3, 0.4) is 0 Å². The number of halogens is 1. The van der Waals surface area contributed by atoms with Crippen molar-refractivity contribution in [2.24, 2.45) is 5.92 Å². The van der Waals surface area contributed by atoms with E-state index in [1.54, 1.807) is 0 Å². The largest absolute Gasteiger partial charge is 0.478 e. The van der Waals surface area contributed by atoms with Gasteiger partial charge >= 0.3 is 12.0 Å². The third kappa shape index (κ3) is 4.44. The fraction of sp³-hybridized carbons (Fsp3) is 0.467. The topological polar surface area (TPSA) is 78.4 Å². The molecule has 1 aliphatic carbocycles. The normalized spacial score (nSPS) is 15.5. The maximum absolute atomic E-state index is 13.0. The van der Waals surface area contributed by atoms with E-state index < -0.39 is 17.8 Å². The van der Waals surface area contributed by atoms with E-state index >= 15 is 0 Å². The van der Waals surface area contributed by atoms with E-state index in [1.165, 1.54) is 25.3 Å². The van der Waals surface area contributed by atoms with Crippen LogP contribution in [0.5, 0.6) is 0 Å². The summed E-state index contributed by atoms with van der Waals surface area (Å²) >= 11 is 0. The molecule has 2 rings (SSSR count). The summed E-state index contributed by atoms with van der Waals surface area (Å²) in [6.45, 7) is 0.579. The Balaban J connectivity index is 1.91. The smallest absolute Gasteiger partial charge is 0.337 e. The molecule has 0 atom stereocenters. The molecule has 1 saturated carbocycles. The van der Waals surface area contributed by atoms with Gasteiger partial charge in [0.2, 0.25) is 0 Å². The first-order chi connectivity index (χ1) is 10.1. The molecule has 114 valence electrons. The predicted octanol–water partition coefficient (Wildman–Crippen LogP) is 3.23. The molecule has 6 heteroatoms. The minimum Gasteiger partial charge on any atom is -0.478 e. The van der Waals surface area contributed by atoms with Gasteiger partial charge in [0.05, 0.1) is 11.3 Å². The highest BCUT2D eigenvalue weighted by Gasteiger charge is 2.16. The average Bonchev–Trinajstić information content (AvgIpc) is 2.48. The minimum absolute atomic E-state index is 0.0880. The number of carbonyl (C=O) groups excluding carboxylic acids is 1. The summed E-state index contributed by atoms with van der Waals surface area (Å²) in [6, 6.07) is 2.79. The fourth-order valence-electron chi connectivity index (χ4n) is 2.60. The van der Waals surface area contributed by atoms with Crippen LogP contribution in [0.2, 0.25) is 0 Å². The van der Waals surface area contributed by atoms with Crippen LogP contribution in [-0.4, -0.2) is 23.7 Å². The predicted molar refractivity (Wildman–Crippen MR) is 77.0 cm³/mol. The number of hydrogen-bond acceptors (Lipinski definition) is 2. The van der Waals surface area contributed by atoms with Crippen molar-refractivity contribution in [1.82, 2.24) is 5.32 Å². The number of anilines is 1. The third-order valence-electron chi connectivity index (χ3n) is 3.74. The molecule has 1 aromatic carbocycles. The molecule has 1 aliphatic rings. The molecule has 0 radical (unpaired) electrons. The van der Waals surface area contributed by atoms with E-state index in [0.29, 0.717) is 12.5 Å². The highest BCUT2D eigenvalue weighted by molar-refractivity contribution is 5.99. The number of carboxylic acid groups (broad SMARTS) is 1. The van der Waals surface area contributed by atoms with E-state index in [2.05, 4.69) is 10.6 Å². The number of urea groups is 1. The zero-order valence-corrected chi connectivity index (χ0v) is 11.7. The van der Waals surface area contributed by atoms with Gasteiger partial charge in [0.25, 0.3) is 0 Å². The van der Waals surface area contributed by atoms with Crippen LogP contribution >= 0.6 is 0 Å². The quantitative estimate of drug-likeness (QED) is 0.797. The lowest BCUT2D eigenvalue weighted by Gasteiger charge is -2.21. The average molecular weight is 294 g/mol. The number of aromatic carboxylic acids is 1. The van der Waals surface area contributed by atoms with Crippen molar-refractivity contribution in [2.75, 3.05) is 11.9 Å². The van der Waals surface area contributed by atoms with Crippen molar-refractivity contribution in [3.8, 4) is 0 Å². The Bertz CT molecular complexity index is 528. The Kier molecular flexibility index (Phi) is 5.14. The van der Waals surface area contributed by atoms with E-state index in [4.69, 9.17) is 5.11 Å². The molecule has 1 aromatic rings. The van der Waals surface area contributed by atoms with Gasteiger partial charge in [-0.05, 0) is 37.0 Å². The van der Waals surface area contributed by atoms with Gasteiger partial charge < -0.3 is 15.7 Å². The van der Waals surface area contributed by atoms with Gasteiger partial charge in [-0.3, -0.25) is 0 Å². The zero-order chi connectivity index (χ0) is 15.2. The molecule has 0 spiro atoms. The van der Waals surface area contributed by atoms with Gasteiger partial charge in [-0.1, -0.05) is 19.3 Å². The molecule has 3 N–H and O–H groups in total. The molecule has 0 unspecified atom stereocenters. The van der Waals surface area contributed by atoms with Gasteiger partial charge in [0, 0.05) is 6.54 Å². The first kappa shape index (κ1) is 15.3. The Morgan fingerprint density at radius 2 is 1.95 bits per heavy atom. The van der Waals surface area contributed by atoms with Gasteiger partial charge in [-0.15, -0.1) is 0 Å². The van der Waals surface area contributed by atoms with Crippen LogP contribution in [0.4, 0.5) is 14.9 Å². The van der Waals surface area contributed by atoms with E-state index in [1.807, 2.05) is 0 Å². The molecule has 21 heavy (non-hydrogen) atoms. The Morgan fingerprint density at radius 1 is 1.24 bits per heavy atom. The van der Waals surface area contributed by atoms with Crippen molar-refractivity contribution >= 4 is 17.7 Å². The first-order valence-corrected chi connectivity index (χ1v) is 7.14. The molecule has 0 bridgehead atoms. The summed E-state index contributed by atoms with van der Waals surface area (Å²) in [5, 5.41) is 14.2. The second-order valence-corrected chi connectivity index (χ2v) is 5.33. The molecule has 5 nitrogen and oxygen atoms in total. The standard InChI is InChI=1S/C15H19FN2O3/c16-11-6-7-13(12(8-11)14(19)20)18-15(21)17-9-10-4-2-1-3-5-10/h6-8,10H,1-5,9H2,(H,19,20)(H2,17,18,21). The molecule has 0 heterocycles. The van der Waals surface area contributed by atoms with E-state index in [0.717, 1.165) is 25.0 Å². The lowest BCUT2D eigenvalue weighted by Crippen LogP contribution is -2.34. The van der Waals surface area contributed by atoms with Crippen molar-refractivity contribution in [3.63, 3.8) is 0 Å². The minimum atomic E-state index is -1.28. The Hall–Kier alpha value is -2.11. The highest BCUT2D eigenvalue weighted by atomic mass is 19.1. The summed E-state index contributed by atoms with van der Waals surface area (Å²) in [6.07, 6.45) is 5.85. The van der Waals surface area contributed by atoms with Gasteiger partial charge in [0.15, 0.2) is 0 Å². The van der Waals surface area contributed by atoms with Crippen LogP contribution in [-0.2, 0) is 0 Å². The maximum atomic E-state index is 13.0. The Labute approximate surface area is 122 Å². The van der Waals surface area contributed by atoms with Crippen LogP contribution < -0.4 is 10.6 Å². The Morgan fingerprint density at radius 3 is 2.62 bits per heavy atom. The lowest BCUT2D eigenvalue weighted by molar-refractivity contribution is 0.0697. The number of carbonyl (C=O) groups is 2. The van der Waals surface area contributed by atoms with Gasteiger partial charge in [0.1, 0.15) is 5.82 Å². The molecule has 0 aromatic heterocycles. The molecule has 0 saturated heterocycles. The second kappa shape index (κ2) is 7.06. The first-order valence-electron chi connectivity index (χ1n) is 7.14. The molecular formula is C15H19FN2O3. The SMILES string of the molecule is O=C(NCC1CCCCC1)Nc1ccc(F)cc1C(=O)O.